The van der Waals surface area contributed by atoms with Crippen LogP contribution in [-0.2, 0) is 0 Å². The van der Waals surface area contributed by atoms with Crippen LogP contribution in [0.5, 0.6) is 0 Å². The zero-order valence-electron chi connectivity index (χ0n) is 11.4. The normalized spacial score (nSPS) is 11.8. The van der Waals surface area contributed by atoms with Crippen LogP contribution in [0, 0.1) is 6.92 Å². The van der Waals surface area contributed by atoms with Crippen LogP contribution in [0.3, 0.4) is 0 Å². The standard InChI is InChI=1S/C12H17N5O3/c1-3-12(6-18,7-19)15-10(20)9-14-11-13-5-4-8(2)17(11)16-9/h4-5,18-19H,3,6-7H2,1-2H3,(H,15,20). The van der Waals surface area contributed by atoms with E-state index >= 15 is 0 Å². The Morgan fingerprint density at radius 2 is 2.15 bits per heavy atom. The van der Waals surface area contributed by atoms with Gasteiger partial charge in [-0.2, -0.15) is 4.98 Å². The fourth-order valence-electron chi connectivity index (χ4n) is 1.74. The molecular formula is C12H17N5O3. The molecular weight excluding hydrogens is 262 g/mol. The van der Waals surface area contributed by atoms with Crippen LogP contribution in [0.25, 0.3) is 5.78 Å². The Balaban J connectivity index is 2.30. The predicted molar refractivity (Wildman–Crippen MR) is 70.2 cm³/mol. The molecule has 0 aliphatic rings. The minimum atomic E-state index is -1.07. The Labute approximate surface area is 115 Å². The topological polar surface area (TPSA) is 113 Å². The highest BCUT2D eigenvalue weighted by Gasteiger charge is 2.30. The first-order valence-electron chi connectivity index (χ1n) is 6.28. The number of nitrogens with zero attached hydrogens (tertiary/aromatic N) is 4. The molecule has 0 saturated carbocycles. The Hall–Kier alpha value is -2.06. The van der Waals surface area contributed by atoms with Crippen molar-refractivity contribution in [3.05, 3.63) is 23.8 Å². The fourth-order valence-corrected chi connectivity index (χ4v) is 1.74. The lowest BCUT2D eigenvalue weighted by atomic mass is 9.98. The van der Waals surface area contributed by atoms with Gasteiger partial charge in [-0.3, -0.25) is 4.79 Å². The Morgan fingerprint density at radius 3 is 2.70 bits per heavy atom. The molecule has 8 nitrogen and oxygen atoms in total. The number of fused-ring (bicyclic) bond motifs is 1. The predicted octanol–water partition coefficient (Wildman–Crippen LogP) is -0.704. The smallest absolute Gasteiger partial charge is 0.291 e. The molecule has 0 unspecified atom stereocenters. The highest BCUT2D eigenvalue weighted by molar-refractivity contribution is 5.91. The number of rotatable bonds is 5. The van der Waals surface area contributed by atoms with Gasteiger partial charge in [0.25, 0.3) is 11.7 Å². The number of aliphatic hydroxyl groups excluding tert-OH is 2. The number of carbonyl (C=O) groups is 1. The molecule has 108 valence electrons. The summed E-state index contributed by atoms with van der Waals surface area (Å²) in [5.41, 5.74) is -0.274. The van der Waals surface area contributed by atoms with Gasteiger partial charge >= 0.3 is 0 Å². The Bertz CT molecular complexity index is 612. The van der Waals surface area contributed by atoms with E-state index in [1.807, 2.05) is 6.92 Å². The van der Waals surface area contributed by atoms with Crippen LogP contribution in [0.15, 0.2) is 12.3 Å². The van der Waals surface area contributed by atoms with E-state index in [4.69, 9.17) is 0 Å². The van der Waals surface area contributed by atoms with E-state index in [-0.39, 0.29) is 19.0 Å². The molecule has 3 N–H and O–H groups in total. The fraction of sp³-hybridized carbons (Fsp3) is 0.500. The summed E-state index contributed by atoms with van der Waals surface area (Å²) >= 11 is 0. The molecule has 0 fully saturated rings. The molecule has 20 heavy (non-hydrogen) atoms. The van der Waals surface area contributed by atoms with Gasteiger partial charge in [-0.05, 0) is 19.4 Å². The largest absolute Gasteiger partial charge is 0.394 e. The quantitative estimate of drug-likeness (QED) is 0.667. The second-order valence-electron chi connectivity index (χ2n) is 4.64. The molecule has 0 aliphatic heterocycles. The van der Waals surface area contributed by atoms with Crippen molar-refractivity contribution in [2.75, 3.05) is 13.2 Å². The first kappa shape index (κ1) is 14.4. The summed E-state index contributed by atoms with van der Waals surface area (Å²) in [7, 11) is 0. The molecule has 0 saturated heterocycles. The van der Waals surface area contributed by atoms with Crippen molar-refractivity contribution in [1.29, 1.82) is 0 Å². The molecule has 0 aliphatic carbocycles. The molecule has 0 bridgehead atoms. The minimum absolute atomic E-state index is 0.0495. The van der Waals surface area contributed by atoms with Gasteiger partial charge in [-0.25, -0.2) is 9.50 Å². The van der Waals surface area contributed by atoms with Crippen LogP contribution >= 0.6 is 0 Å². The van der Waals surface area contributed by atoms with E-state index in [1.165, 1.54) is 4.52 Å². The van der Waals surface area contributed by atoms with E-state index in [0.717, 1.165) is 5.69 Å². The van der Waals surface area contributed by atoms with E-state index < -0.39 is 11.4 Å². The molecule has 2 aromatic heterocycles. The number of aliphatic hydroxyl groups is 2. The Kier molecular flexibility index (Phi) is 3.96. The van der Waals surface area contributed by atoms with Crippen LogP contribution in [0.2, 0.25) is 0 Å². The lowest BCUT2D eigenvalue weighted by Gasteiger charge is -2.28. The number of nitrogens with one attached hydrogen (secondary N) is 1. The number of aryl methyl sites for hydroxylation is 1. The molecule has 0 radical (unpaired) electrons. The van der Waals surface area contributed by atoms with Gasteiger partial charge in [0.05, 0.1) is 18.8 Å². The highest BCUT2D eigenvalue weighted by Crippen LogP contribution is 2.10. The summed E-state index contributed by atoms with van der Waals surface area (Å²) in [6, 6.07) is 1.75. The van der Waals surface area contributed by atoms with Crippen molar-refractivity contribution in [3.63, 3.8) is 0 Å². The van der Waals surface area contributed by atoms with Crippen LogP contribution in [0.4, 0.5) is 0 Å². The summed E-state index contributed by atoms with van der Waals surface area (Å²) in [5, 5.41) is 25.3. The van der Waals surface area contributed by atoms with Gasteiger partial charge in [-0.1, -0.05) is 6.92 Å². The molecule has 2 rings (SSSR count). The SMILES string of the molecule is CCC(CO)(CO)NC(=O)c1nc2nccc(C)n2n1. The van der Waals surface area contributed by atoms with Gasteiger partial charge in [0.15, 0.2) is 0 Å². The third-order valence-corrected chi connectivity index (χ3v) is 3.29. The molecule has 8 heteroatoms. The van der Waals surface area contributed by atoms with Crippen molar-refractivity contribution >= 4 is 11.7 Å². The molecule has 1 amide bonds. The second kappa shape index (κ2) is 5.51. The summed E-state index contributed by atoms with van der Waals surface area (Å²) in [6.45, 7) is 2.85. The summed E-state index contributed by atoms with van der Waals surface area (Å²) in [5.74, 6) is -0.281. The molecule has 2 heterocycles. The van der Waals surface area contributed by atoms with Gasteiger partial charge in [0, 0.05) is 11.9 Å². The van der Waals surface area contributed by atoms with Gasteiger partial charge in [-0.15, -0.1) is 5.10 Å². The van der Waals surface area contributed by atoms with Crippen LogP contribution in [-0.4, -0.2) is 54.5 Å². The summed E-state index contributed by atoms with van der Waals surface area (Å²) in [6.07, 6.45) is 1.97. The van der Waals surface area contributed by atoms with E-state index in [2.05, 4.69) is 20.4 Å². The van der Waals surface area contributed by atoms with E-state index in [0.29, 0.717) is 12.2 Å². The first-order chi connectivity index (χ1) is 9.55. The van der Waals surface area contributed by atoms with Crippen LogP contribution < -0.4 is 5.32 Å². The van der Waals surface area contributed by atoms with Gasteiger partial charge in [0.1, 0.15) is 0 Å². The first-order valence-corrected chi connectivity index (χ1v) is 6.28. The number of hydrogen-bond acceptors (Lipinski definition) is 6. The van der Waals surface area contributed by atoms with E-state index in [1.54, 1.807) is 19.2 Å². The van der Waals surface area contributed by atoms with Crippen molar-refractivity contribution in [2.45, 2.75) is 25.8 Å². The average Bonchev–Trinajstić information content (AvgIpc) is 2.90. The minimum Gasteiger partial charge on any atom is -0.394 e. The highest BCUT2D eigenvalue weighted by atomic mass is 16.3. The number of aromatic nitrogens is 4. The lowest BCUT2D eigenvalue weighted by molar-refractivity contribution is 0.0645. The maximum atomic E-state index is 12.1. The van der Waals surface area contributed by atoms with Gasteiger partial charge < -0.3 is 15.5 Å². The maximum absolute atomic E-state index is 12.1. The zero-order valence-corrected chi connectivity index (χ0v) is 11.4. The molecule has 0 spiro atoms. The lowest BCUT2D eigenvalue weighted by Crippen LogP contribution is -2.54. The summed E-state index contributed by atoms with van der Waals surface area (Å²) < 4.78 is 1.46. The maximum Gasteiger partial charge on any atom is 0.291 e. The van der Waals surface area contributed by atoms with Crippen molar-refractivity contribution in [3.8, 4) is 0 Å². The number of carbonyl (C=O) groups excluding carboxylic acids is 1. The van der Waals surface area contributed by atoms with Crippen molar-refractivity contribution in [1.82, 2.24) is 24.9 Å². The zero-order chi connectivity index (χ0) is 14.8. The molecule has 0 atom stereocenters. The average molecular weight is 279 g/mol. The van der Waals surface area contributed by atoms with Crippen molar-refractivity contribution in [2.24, 2.45) is 0 Å². The number of hydrogen-bond donors (Lipinski definition) is 3. The third-order valence-electron chi connectivity index (χ3n) is 3.29. The van der Waals surface area contributed by atoms with Crippen molar-refractivity contribution < 1.29 is 15.0 Å². The second-order valence-corrected chi connectivity index (χ2v) is 4.64. The Morgan fingerprint density at radius 1 is 1.45 bits per heavy atom. The third kappa shape index (κ3) is 2.47. The summed E-state index contributed by atoms with van der Waals surface area (Å²) in [4.78, 5) is 20.2. The van der Waals surface area contributed by atoms with Gasteiger partial charge in [0.2, 0.25) is 5.82 Å². The molecule has 2 aromatic rings. The number of amides is 1. The van der Waals surface area contributed by atoms with Crippen LogP contribution in [0.1, 0.15) is 29.7 Å². The molecule has 0 aromatic carbocycles. The van der Waals surface area contributed by atoms with E-state index in [9.17, 15) is 15.0 Å². The monoisotopic (exact) mass is 279 g/mol.